The van der Waals surface area contributed by atoms with Crippen LogP contribution >= 0.6 is 0 Å². The molecule has 3 aromatic heterocycles. The summed E-state index contributed by atoms with van der Waals surface area (Å²) in [5.41, 5.74) is 2.57. The number of hydrogen-bond donors (Lipinski definition) is 2. The second kappa shape index (κ2) is 8.41. The van der Waals surface area contributed by atoms with E-state index in [-0.39, 0.29) is 5.91 Å². The molecule has 0 saturated carbocycles. The van der Waals surface area contributed by atoms with Crippen molar-refractivity contribution in [1.82, 2.24) is 29.3 Å². The van der Waals surface area contributed by atoms with E-state index in [1.807, 2.05) is 81.8 Å². The number of aryl methyl sites for hydroxylation is 2. The number of aromatic nitrogens is 6. The molecule has 4 aromatic rings. The maximum Gasteiger partial charge on any atom is 0.233 e. The fraction of sp³-hybridized carbons (Fsp3) is 0.348. The molecule has 166 valence electrons. The first-order valence-electron chi connectivity index (χ1n) is 10.7. The summed E-state index contributed by atoms with van der Waals surface area (Å²) >= 11 is 0. The van der Waals surface area contributed by atoms with E-state index in [0.717, 1.165) is 11.3 Å². The molecule has 0 aliphatic heterocycles. The van der Waals surface area contributed by atoms with Crippen LogP contribution in [0, 0.1) is 12.3 Å². The van der Waals surface area contributed by atoms with E-state index in [1.54, 1.807) is 4.68 Å². The van der Waals surface area contributed by atoms with Crippen molar-refractivity contribution < 1.29 is 4.79 Å². The molecule has 0 atom stereocenters. The van der Waals surface area contributed by atoms with Crippen LogP contribution in [0.5, 0.6) is 0 Å². The van der Waals surface area contributed by atoms with Gasteiger partial charge < -0.3 is 10.6 Å². The summed E-state index contributed by atoms with van der Waals surface area (Å²) in [6.45, 7) is 10.7. The largest absolute Gasteiger partial charge is 0.350 e. The molecule has 0 fully saturated rings. The lowest BCUT2D eigenvalue weighted by Crippen LogP contribution is -2.28. The number of fused-ring (bicyclic) bond motifs is 1. The highest BCUT2D eigenvalue weighted by molar-refractivity contribution is 6.00. The first kappa shape index (κ1) is 21.5. The molecule has 4 rings (SSSR count). The van der Waals surface area contributed by atoms with Gasteiger partial charge in [0, 0.05) is 24.7 Å². The highest BCUT2D eigenvalue weighted by Gasteiger charge is 2.25. The molecule has 32 heavy (non-hydrogen) atoms. The molecule has 9 heteroatoms. The minimum Gasteiger partial charge on any atom is -0.350 e. The topological polar surface area (TPSA) is 103 Å². The standard InChI is InChI=1S/C23H28N8O/c1-6-30-19-17(25-22(30)31-13-12-15(2)29-31)18(26-20(32)23(3,4)5)27-21(28-19)24-14-16-10-8-7-9-11-16/h7-13H,6,14H2,1-5H3,(H2,24,26,27,28,32). The number of benzene rings is 1. The Kier molecular flexibility index (Phi) is 5.65. The number of carbonyl (C=O) groups excluding carboxylic acids is 1. The Hall–Kier alpha value is -3.75. The van der Waals surface area contributed by atoms with E-state index >= 15 is 0 Å². The van der Waals surface area contributed by atoms with Crippen molar-refractivity contribution in [3.05, 3.63) is 53.9 Å². The molecule has 0 saturated heterocycles. The predicted octanol–water partition coefficient (Wildman–Crippen LogP) is 3.94. The van der Waals surface area contributed by atoms with Gasteiger partial charge in [0.05, 0.1) is 5.69 Å². The van der Waals surface area contributed by atoms with Crippen LogP contribution in [-0.4, -0.2) is 35.2 Å². The Bertz CT molecular complexity index is 1250. The molecule has 1 aromatic carbocycles. The smallest absolute Gasteiger partial charge is 0.233 e. The minimum atomic E-state index is -0.579. The summed E-state index contributed by atoms with van der Waals surface area (Å²) < 4.78 is 3.68. The van der Waals surface area contributed by atoms with Gasteiger partial charge in [0.1, 0.15) is 0 Å². The Morgan fingerprint density at radius 1 is 1.06 bits per heavy atom. The third kappa shape index (κ3) is 4.32. The third-order valence-corrected chi connectivity index (χ3v) is 5.02. The predicted molar refractivity (Wildman–Crippen MR) is 125 cm³/mol. The summed E-state index contributed by atoms with van der Waals surface area (Å²) in [6.07, 6.45) is 1.86. The molecule has 1 amide bonds. The van der Waals surface area contributed by atoms with Crippen molar-refractivity contribution in [1.29, 1.82) is 0 Å². The fourth-order valence-corrected chi connectivity index (χ4v) is 3.22. The third-order valence-electron chi connectivity index (χ3n) is 5.02. The first-order chi connectivity index (χ1) is 15.3. The first-order valence-corrected chi connectivity index (χ1v) is 10.7. The normalized spacial score (nSPS) is 11.7. The summed E-state index contributed by atoms with van der Waals surface area (Å²) in [5.74, 6) is 1.27. The van der Waals surface area contributed by atoms with E-state index in [9.17, 15) is 4.79 Å². The van der Waals surface area contributed by atoms with Gasteiger partial charge in [0.2, 0.25) is 17.8 Å². The molecule has 0 spiro atoms. The lowest BCUT2D eigenvalue weighted by atomic mass is 9.96. The van der Waals surface area contributed by atoms with Crippen LogP contribution in [0.2, 0.25) is 0 Å². The Morgan fingerprint density at radius 2 is 1.81 bits per heavy atom. The van der Waals surface area contributed by atoms with Crippen LogP contribution in [0.3, 0.4) is 0 Å². The average molecular weight is 433 g/mol. The summed E-state index contributed by atoms with van der Waals surface area (Å²) in [6, 6.07) is 11.9. The van der Waals surface area contributed by atoms with Gasteiger partial charge in [-0.2, -0.15) is 15.1 Å². The van der Waals surface area contributed by atoms with E-state index < -0.39 is 5.41 Å². The number of nitrogens with zero attached hydrogens (tertiary/aromatic N) is 6. The number of carbonyl (C=O) groups is 1. The minimum absolute atomic E-state index is 0.144. The molecule has 0 bridgehead atoms. The molecular formula is C23H28N8O. The maximum absolute atomic E-state index is 12.8. The van der Waals surface area contributed by atoms with Crippen LogP contribution in [0.4, 0.5) is 11.8 Å². The molecule has 2 N–H and O–H groups in total. The zero-order valence-electron chi connectivity index (χ0n) is 19.0. The highest BCUT2D eigenvalue weighted by Crippen LogP contribution is 2.26. The lowest BCUT2D eigenvalue weighted by molar-refractivity contribution is -0.123. The summed E-state index contributed by atoms with van der Waals surface area (Å²) in [4.78, 5) is 26.8. The van der Waals surface area contributed by atoms with Crippen LogP contribution in [0.25, 0.3) is 17.1 Å². The molecule has 9 nitrogen and oxygen atoms in total. The van der Waals surface area contributed by atoms with Gasteiger partial charge in [-0.15, -0.1) is 0 Å². The highest BCUT2D eigenvalue weighted by atomic mass is 16.2. The lowest BCUT2D eigenvalue weighted by Gasteiger charge is -2.17. The Morgan fingerprint density at radius 3 is 2.44 bits per heavy atom. The van der Waals surface area contributed by atoms with Crippen molar-refractivity contribution in [2.75, 3.05) is 10.6 Å². The van der Waals surface area contributed by atoms with Crippen LogP contribution in [-0.2, 0) is 17.9 Å². The monoisotopic (exact) mass is 432 g/mol. The van der Waals surface area contributed by atoms with Gasteiger partial charge in [-0.1, -0.05) is 51.1 Å². The average Bonchev–Trinajstić information content (AvgIpc) is 3.35. The van der Waals surface area contributed by atoms with E-state index in [0.29, 0.717) is 42.0 Å². The maximum atomic E-state index is 12.8. The van der Waals surface area contributed by atoms with Crippen molar-refractivity contribution >= 4 is 28.8 Å². The number of rotatable bonds is 6. The van der Waals surface area contributed by atoms with E-state index in [4.69, 9.17) is 9.97 Å². The SMILES string of the molecule is CCn1c(-n2ccc(C)n2)nc2c(NC(=O)C(C)(C)C)nc(NCc3ccccc3)nc21. The number of anilines is 2. The molecule has 0 aliphatic rings. The number of nitrogens with one attached hydrogen (secondary N) is 2. The fourth-order valence-electron chi connectivity index (χ4n) is 3.22. The van der Waals surface area contributed by atoms with Crippen LogP contribution in [0.15, 0.2) is 42.6 Å². The van der Waals surface area contributed by atoms with Crippen molar-refractivity contribution in [3.8, 4) is 5.95 Å². The quantitative estimate of drug-likeness (QED) is 0.478. The number of amides is 1. The molecule has 0 aliphatic carbocycles. The Balaban J connectivity index is 1.81. The molecule has 0 unspecified atom stereocenters. The Labute approximate surface area is 186 Å². The second-order valence-corrected chi connectivity index (χ2v) is 8.67. The van der Waals surface area contributed by atoms with Crippen molar-refractivity contribution in [3.63, 3.8) is 0 Å². The van der Waals surface area contributed by atoms with Gasteiger partial charge in [0.25, 0.3) is 0 Å². The molecule has 0 radical (unpaired) electrons. The second-order valence-electron chi connectivity index (χ2n) is 8.67. The number of imidazole rings is 1. The van der Waals surface area contributed by atoms with Gasteiger partial charge in [0.15, 0.2) is 17.0 Å². The van der Waals surface area contributed by atoms with Gasteiger partial charge >= 0.3 is 0 Å². The van der Waals surface area contributed by atoms with Gasteiger partial charge in [-0.05, 0) is 25.5 Å². The zero-order chi connectivity index (χ0) is 22.9. The van der Waals surface area contributed by atoms with E-state index in [2.05, 4.69) is 20.7 Å². The van der Waals surface area contributed by atoms with Crippen LogP contribution < -0.4 is 10.6 Å². The zero-order valence-corrected chi connectivity index (χ0v) is 19.0. The summed E-state index contributed by atoms with van der Waals surface area (Å²) in [7, 11) is 0. The van der Waals surface area contributed by atoms with Crippen molar-refractivity contribution in [2.24, 2.45) is 5.41 Å². The van der Waals surface area contributed by atoms with E-state index in [1.165, 1.54) is 0 Å². The van der Waals surface area contributed by atoms with Crippen LogP contribution in [0.1, 0.15) is 39.0 Å². The molecule has 3 heterocycles. The van der Waals surface area contributed by atoms with Gasteiger partial charge in [-0.3, -0.25) is 9.36 Å². The number of hydrogen-bond acceptors (Lipinski definition) is 6. The molecular weight excluding hydrogens is 404 g/mol. The van der Waals surface area contributed by atoms with Crippen molar-refractivity contribution in [2.45, 2.75) is 47.7 Å². The summed E-state index contributed by atoms with van der Waals surface area (Å²) in [5, 5.41) is 10.7. The van der Waals surface area contributed by atoms with Gasteiger partial charge in [-0.25, -0.2) is 9.67 Å².